The van der Waals surface area contributed by atoms with E-state index in [4.69, 9.17) is 0 Å². The minimum absolute atomic E-state index is 0.100. The van der Waals surface area contributed by atoms with E-state index in [9.17, 15) is 19.8 Å². The van der Waals surface area contributed by atoms with Gasteiger partial charge >= 0.3 is 5.97 Å². The Hall–Kier alpha value is -1.86. The summed E-state index contributed by atoms with van der Waals surface area (Å²) in [5.74, 6) is -1.10. The van der Waals surface area contributed by atoms with Crippen LogP contribution >= 0.6 is 11.8 Å². The summed E-state index contributed by atoms with van der Waals surface area (Å²) < 4.78 is 2.20. The van der Waals surface area contributed by atoms with Gasteiger partial charge in [-0.2, -0.15) is 4.57 Å². The average molecular weight is 363 g/mol. The van der Waals surface area contributed by atoms with Crippen molar-refractivity contribution in [3.8, 4) is 0 Å². The summed E-state index contributed by atoms with van der Waals surface area (Å²) in [5.41, 5.74) is 2.42. The Labute approximate surface area is 151 Å². The molecule has 0 aromatic carbocycles. The van der Waals surface area contributed by atoms with Gasteiger partial charge < -0.3 is 15.1 Å². The van der Waals surface area contributed by atoms with Crippen LogP contribution < -0.4 is 4.57 Å². The molecule has 2 N–H and O–H groups in total. The molecule has 3 rings (SSSR count). The van der Waals surface area contributed by atoms with E-state index in [0.29, 0.717) is 6.42 Å². The second-order valence-corrected chi connectivity index (χ2v) is 7.82. The van der Waals surface area contributed by atoms with Crippen molar-refractivity contribution in [1.29, 1.82) is 0 Å². The third kappa shape index (κ3) is 3.06. The average Bonchev–Trinajstić information content (AvgIpc) is 2.84. The zero-order valence-corrected chi connectivity index (χ0v) is 15.4. The van der Waals surface area contributed by atoms with Crippen LogP contribution in [0, 0.1) is 19.8 Å². The first-order chi connectivity index (χ1) is 11.8. The van der Waals surface area contributed by atoms with Crippen molar-refractivity contribution in [1.82, 2.24) is 4.90 Å². The minimum Gasteiger partial charge on any atom is -0.477 e. The number of carbonyl (C=O) groups excluding carboxylic acids is 1. The van der Waals surface area contributed by atoms with Gasteiger partial charge in [-0.05, 0) is 13.0 Å². The number of carboxylic acids is 1. The molecule has 2 aliphatic heterocycles. The fraction of sp³-hybridized carbons (Fsp3) is 0.500. The lowest BCUT2D eigenvalue weighted by atomic mass is 9.83. The number of pyridine rings is 1. The summed E-state index contributed by atoms with van der Waals surface area (Å²) in [7, 11) is 0. The molecule has 0 spiro atoms. The quantitative estimate of drug-likeness (QED) is 0.587. The summed E-state index contributed by atoms with van der Waals surface area (Å²) in [6, 6.07) is 5.90. The molecule has 1 amide bonds. The number of hydrogen-bond donors (Lipinski definition) is 2. The molecule has 3 atom stereocenters. The zero-order valence-electron chi connectivity index (χ0n) is 14.6. The minimum atomic E-state index is -1.07. The number of aliphatic carboxylic acids is 1. The molecule has 7 heteroatoms. The van der Waals surface area contributed by atoms with Crippen molar-refractivity contribution in [3.05, 3.63) is 40.2 Å². The Kier molecular flexibility index (Phi) is 4.88. The van der Waals surface area contributed by atoms with Crippen LogP contribution in [0.5, 0.6) is 0 Å². The van der Waals surface area contributed by atoms with E-state index in [0.717, 1.165) is 28.6 Å². The van der Waals surface area contributed by atoms with Crippen LogP contribution in [-0.2, 0) is 16.1 Å². The maximum atomic E-state index is 12.2. The zero-order chi connectivity index (χ0) is 18.3. The number of nitrogens with zero attached hydrogens (tertiary/aromatic N) is 2. The Morgan fingerprint density at radius 3 is 2.60 bits per heavy atom. The van der Waals surface area contributed by atoms with Crippen LogP contribution in [0.15, 0.2) is 28.8 Å². The Bertz CT molecular complexity index is 739. The molecule has 1 aromatic rings. The van der Waals surface area contributed by atoms with Gasteiger partial charge in [0.25, 0.3) is 0 Å². The molecule has 134 valence electrons. The predicted molar refractivity (Wildman–Crippen MR) is 93.7 cm³/mol. The number of fused-ring (bicyclic) bond motifs is 1. The van der Waals surface area contributed by atoms with Gasteiger partial charge in [-0.3, -0.25) is 4.79 Å². The molecule has 2 aliphatic rings. The van der Waals surface area contributed by atoms with Gasteiger partial charge in [-0.1, -0.05) is 0 Å². The van der Waals surface area contributed by atoms with E-state index in [1.165, 1.54) is 16.7 Å². The first-order valence-electron chi connectivity index (χ1n) is 8.39. The summed E-state index contributed by atoms with van der Waals surface area (Å²) >= 11 is 1.50. The molecule has 3 unspecified atom stereocenters. The normalized spacial score (nSPS) is 23.5. The molecule has 25 heavy (non-hydrogen) atoms. The monoisotopic (exact) mass is 363 g/mol. The second-order valence-electron chi connectivity index (χ2n) is 6.63. The van der Waals surface area contributed by atoms with Crippen molar-refractivity contribution < 1.29 is 24.4 Å². The number of aryl methyl sites for hydroxylation is 2. The number of carboxylic acid groups (broad SMARTS) is 1. The van der Waals surface area contributed by atoms with Crippen LogP contribution in [0.3, 0.4) is 0 Å². The molecule has 0 bridgehead atoms. The van der Waals surface area contributed by atoms with Crippen molar-refractivity contribution in [2.45, 2.75) is 45.9 Å². The number of rotatable bonds is 6. The fourth-order valence-electron chi connectivity index (χ4n) is 3.76. The number of aromatic nitrogens is 1. The maximum Gasteiger partial charge on any atom is 0.353 e. The molecule has 1 aromatic heterocycles. The number of β-lactam (4-membered cyclic amide) rings is 1. The first kappa shape index (κ1) is 17.9. The van der Waals surface area contributed by atoms with E-state index in [1.807, 2.05) is 32.0 Å². The number of thioether (sulfide) groups is 1. The number of aliphatic hydroxyl groups excluding tert-OH is 1. The maximum absolute atomic E-state index is 12.2. The highest BCUT2D eigenvalue weighted by atomic mass is 32.2. The molecule has 0 radical (unpaired) electrons. The molecule has 6 nitrogen and oxygen atoms in total. The third-order valence-electron chi connectivity index (χ3n) is 5.01. The van der Waals surface area contributed by atoms with Crippen molar-refractivity contribution in [2.75, 3.05) is 5.75 Å². The summed E-state index contributed by atoms with van der Waals surface area (Å²) in [4.78, 5) is 25.9. The Morgan fingerprint density at radius 2 is 2.04 bits per heavy atom. The highest BCUT2D eigenvalue weighted by molar-refractivity contribution is 8.03. The number of hydrogen-bond acceptors (Lipinski definition) is 4. The number of amides is 1. The molecule has 1 fully saturated rings. The predicted octanol–water partition coefficient (Wildman–Crippen LogP) is 1.23. The lowest BCUT2D eigenvalue weighted by molar-refractivity contribution is -0.704. The molecule has 0 saturated carbocycles. The number of aliphatic hydroxyl groups is 1. The lowest BCUT2D eigenvalue weighted by Gasteiger charge is -2.44. The summed E-state index contributed by atoms with van der Waals surface area (Å²) in [6.45, 7) is 6.46. The van der Waals surface area contributed by atoms with Gasteiger partial charge in [-0.15, -0.1) is 11.8 Å². The van der Waals surface area contributed by atoms with E-state index in [2.05, 4.69) is 4.57 Å². The standard InChI is InChI=1S/C18H22N2O4S/c1-10-5-4-6-11(2)19(10)7-8-25-14-9-13-15(12(3)21)17(22)20(13)16(14)18(23)24/h4-6,12-13,15,21H,7-9H2,1-3H3/p+1. The third-order valence-corrected chi connectivity index (χ3v) is 6.10. The van der Waals surface area contributed by atoms with Crippen LogP contribution in [0.4, 0.5) is 0 Å². The summed E-state index contributed by atoms with van der Waals surface area (Å²) in [5, 5.41) is 19.3. The van der Waals surface area contributed by atoms with E-state index in [-0.39, 0.29) is 17.6 Å². The van der Waals surface area contributed by atoms with Gasteiger partial charge in [0.15, 0.2) is 17.9 Å². The Morgan fingerprint density at radius 1 is 1.40 bits per heavy atom. The van der Waals surface area contributed by atoms with Gasteiger partial charge in [0.1, 0.15) is 5.70 Å². The van der Waals surface area contributed by atoms with E-state index < -0.39 is 18.0 Å². The molecular weight excluding hydrogens is 340 g/mol. The SMILES string of the molecule is Cc1cccc(C)[n+]1CCSC1=C(C(=O)O)N2C(=O)C(C(C)O)C2C1. The smallest absolute Gasteiger partial charge is 0.353 e. The molecule has 0 aliphatic carbocycles. The van der Waals surface area contributed by atoms with Gasteiger partial charge in [0.05, 0.1) is 23.8 Å². The Balaban J connectivity index is 1.72. The van der Waals surface area contributed by atoms with Gasteiger partial charge in [-0.25, -0.2) is 4.79 Å². The van der Waals surface area contributed by atoms with Crippen molar-refractivity contribution in [3.63, 3.8) is 0 Å². The van der Waals surface area contributed by atoms with Crippen LogP contribution in [0.1, 0.15) is 24.7 Å². The van der Waals surface area contributed by atoms with Gasteiger partial charge in [0, 0.05) is 37.3 Å². The molecule has 1 saturated heterocycles. The van der Waals surface area contributed by atoms with Crippen molar-refractivity contribution >= 4 is 23.6 Å². The molecular formula is C18H23N2O4S+. The largest absolute Gasteiger partial charge is 0.477 e. The summed E-state index contributed by atoms with van der Waals surface area (Å²) in [6.07, 6.45) is -0.233. The van der Waals surface area contributed by atoms with Crippen LogP contribution in [0.2, 0.25) is 0 Å². The second kappa shape index (κ2) is 6.80. The number of carbonyl (C=O) groups is 2. The lowest BCUT2D eigenvalue weighted by Crippen LogP contribution is -2.61. The van der Waals surface area contributed by atoms with Crippen LogP contribution in [0.25, 0.3) is 0 Å². The van der Waals surface area contributed by atoms with E-state index >= 15 is 0 Å². The fourth-order valence-corrected chi connectivity index (χ4v) is 4.89. The molecule has 3 heterocycles. The highest BCUT2D eigenvalue weighted by Crippen LogP contribution is 2.46. The topological polar surface area (TPSA) is 81.7 Å². The van der Waals surface area contributed by atoms with Crippen molar-refractivity contribution in [2.24, 2.45) is 5.92 Å². The highest BCUT2D eigenvalue weighted by Gasteiger charge is 2.56. The van der Waals surface area contributed by atoms with Crippen LogP contribution in [-0.4, -0.2) is 44.9 Å². The van der Waals surface area contributed by atoms with E-state index in [1.54, 1.807) is 6.92 Å². The van der Waals surface area contributed by atoms with Gasteiger partial charge in [0.2, 0.25) is 5.91 Å². The first-order valence-corrected chi connectivity index (χ1v) is 9.38.